The van der Waals surface area contributed by atoms with Crippen LogP contribution < -0.4 is 10.1 Å². The SMILES string of the molecule is CNCCC1CCN(S(=O)(=O)c2ccc(OC(F)F)c(Cl)c2)CC1. The summed E-state index contributed by atoms with van der Waals surface area (Å²) in [4.78, 5) is -0.0113. The molecule has 24 heavy (non-hydrogen) atoms. The molecular formula is C15H21ClF2N2O3S. The average Bonchev–Trinajstić information content (AvgIpc) is 2.54. The lowest BCUT2D eigenvalue weighted by atomic mass is 9.95. The van der Waals surface area contributed by atoms with Crippen molar-refractivity contribution in [3.8, 4) is 5.75 Å². The van der Waals surface area contributed by atoms with Gasteiger partial charge in [0, 0.05) is 13.1 Å². The summed E-state index contributed by atoms with van der Waals surface area (Å²) < 4.78 is 55.4. The molecule has 136 valence electrons. The predicted molar refractivity (Wildman–Crippen MR) is 88.1 cm³/mol. The zero-order valence-electron chi connectivity index (χ0n) is 13.3. The molecule has 0 aliphatic carbocycles. The van der Waals surface area contributed by atoms with E-state index in [-0.39, 0.29) is 15.7 Å². The fraction of sp³-hybridized carbons (Fsp3) is 0.600. The molecule has 1 aromatic rings. The van der Waals surface area contributed by atoms with Crippen LogP contribution in [-0.4, -0.2) is 46.0 Å². The average molecular weight is 383 g/mol. The van der Waals surface area contributed by atoms with E-state index >= 15 is 0 Å². The smallest absolute Gasteiger partial charge is 0.387 e. The molecule has 0 atom stereocenters. The molecule has 0 radical (unpaired) electrons. The summed E-state index contributed by atoms with van der Waals surface area (Å²) in [5.41, 5.74) is 0. The Morgan fingerprint density at radius 2 is 2.04 bits per heavy atom. The van der Waals surface area contributed by atoms with Crippen molar-refractivity contribution in [3.63, 3.8) is 0 Å². The van der Waals surface area contributed by atoms with Gasteiger partial charge in [0.05, 0.1) is 9.92 Å². The molecule has 0 amide bonds. The van der Waals surface area contributed by atoms with Gasteiger partial charge in [-0.25, -0.2) is 8.42 Å². The van der Waals surface area contributed by atoms with E-state index in [1.807, 2.05) is 7.05 Å². The van der Waals surface area contributed by atoms with Gasteiger partial charge >= 0.3 is 6.61 Å². The van der Waals surface area contributed by atoms with Gasteiger partial charge in [-0.2, -0.15) is 13.1 Å². The van der Waals surface area contributed by atoms with Gasteiger partial charge in [-0.1, -0.05) is 11.6 Å². The molecule has 1 N–H and O–H groups in total. The van der Waals surface area contributed by atoms with Crippen LogP contribution in [0.5, 0.6) is 5.75 Å². The maximum Gasteiger partial charge on any atom is 0.387 e. The number of rotatable bonds is 7. The summed E-state index contributed by atoms with van der Waals surface area (Å²) in [6.45, 7) is -1.20. The minimum absolute atomic E-state index is 0.0113. The number of nitrogens with one attached hydrogen (secondary N) is 1. The standard InChI is InChI=1S/C15H21ClF2N2O3S/c1-19-7-4-11-5-8-20(9-6-11)24(21,22)12-2-3-14(13(16)10-12)23-15(17)18/h2-3,10-11,15,19H,4-9H2,1H3. The molecule has 2 rings (SSSR count). The third-order valence-electron chi connectivity index (χ3n) is 4.13. The van der Waals surface area contributed by atoms with Crippen molar-refractivity contribution < 1.29 is 21.9 Å². The summed E-state index contributed by atoms with van der Waals surface area (Å²) in [6.07, 6.45) is 2.64. The highest BCUT2D eigenvalue weighted by Crippen LogP contribution is 2.31. The molecular weight excluding hydrogens is 362 g/mol. The number of ether oxygens (including phenoxy) is 1. The second-order valence-electron chi connectivity index (χ2n) is 5.71. The van der Waals surface area contributed by atoms with Crippen molar-refractivity contribution in [2.24, 2.45) is 5.92 Å². The van der Waals surface area contributed by atoms with Gasteiger partial charge in [0.25, 0.3) is 0 Å². The van der Waals surface area contributed by atoms with Gasteiger partial charge in [-0.3, -0.25) is 0 Å². The summed E-state index contributed by atoms with van der Waals surface area (Å²) in [7, 11) is -1.79. The monoisotopic (exact) mass is 382 g/mol. The van der Waals surface area contributed by atoms with Crippen LogP contribution in [-0.2, 0) is 10.0 Å². The van der Waals surface area contributed by atoms with E-state index in [0.717, 1.165) is 37.9 Å². The number of halogens is 3. The molecule has 1 fully saturated rings. The highest BCUT2D eigenvalue weighted by Gasteiger charge is 2.29. The first-order valence-corrected chi connectivity index (χ1v) is 9.55. The maximum atomic E-state index is 12.7. The number of nitrogens with zero attached hydrogens (tertiary/aromatic N) is 1. The molecule has 0 aromatic heterocycles. The number of benzene rings is 1. The Morgan fingerprint density at radius 3 is 2.58 bits per heavy atom. The predicted octanol–water partition coefficient (Wildman–Crippen LogP) is 2.95. The van der Waals surface area contributed by atoms with Crippen LogP contribution >= 0.6 is 11.6 Å². The molecule has 5 nitrogen and oxygen atoms in total. The minimum atomic E-state index is -3.68. The lowest BCUT2D eigenvalue weighted by Crippen LogP contribution is -2.38. The van der Waals surface area contributed by atoms with Gasteiger partial charge in [0.2, 0.25) is 10.0 Å². The van der Waals surface area contributed by atoms with Crippen LogP contribution in [0.4, 0.5) is 8.78 Å². The minimum Gasteiger partial charge on any atom is -0.433 e. The van der Waals surface area contributed by atoms with Crippen LogP contribution in [0, 0.1) is 5.92 Å². The Morgan fingerprint density at radius 1 is 1.38 bits per heavy atom. The van der Waals surface area contributed by atoms with E-state index in [2.05, 4.69) is 10.1 Å². The van der Waals surface area contributed by atoms with Crippen molar-refractivity contribution in [3.05, 3.63) is 23.2 Å². The summed E-state index contributed by atoms with van der Waals surface area (Å²) in [6, 6.07) is 3.55. The van der Waals surface area contributed by atoms with Crippen molar-refractivity contribution in [2.75, 3.05) is 26.7 Å². The van der Waals surface area contributed by atoms with Crippen LogP contribution in [0.2, 0.25) is 5.02 Å². The van der Waals surface area contributed by atoms with E-state index < -0.39 is 16.6 Å². The Bertz CT molecular complexity index is 650. The third-order valence-corrected chi connectivity index (χ3v) is 6.32. The van der Waals surface area contributed by atoms with Gasteiger partial charge < -0.3 is 10.1 Å². The molecule has 1 saturated heterocycles. The molecule has 0 unspecified atom stereocenters. The van der Waals surface area contributed by atoms with Crippen molar-refractivity contribution in [2.45, 2.75) is 30.8 Å². The fourth-order valence-corrected chi connectivity index (χ4v) is 4.56. The van der Waals surface area contributed by atoms with E-state index in [4.69, 9.17) is 11.6 Å². The lowest BCUT2D eigenvalue weighted by molar-refractivity contribution is -0.0498. The Kier molecular flexibility index (Phi) is 6.79. The maximum absolute atomic E-state index is 12.7. The van der Waals surface area contributed by atoms with Crippen molar-refractivity contribution in [1.82, 2.24) is 9.62 Å². The largest absolute Gasteiger partial charge is 0.433 e. The molecule has 1 aromatic carbocycles. The number of sulfonamides is 1. The highest BCUT2D eigenvalue weighted by atomic mass is 35.5. The van der Waals surface area contributed by atoms with E-state index in [1.54, 1.807) is 0 Å². The molecule has 0 saturated carbocycles. The first-order chi connectivity index (χ1) is 11.3. The van der Waals surface area contributed by atoms with Crippen LogP contribution in [0.3, 0.4) is 0 Å². The van der Waals surface area contributed by atoms with Gasteiger partial charge in [0.1, 0.15) is 5.75 Å². The Balaban J connectivity index is 2.07. The van der Waals surface area contributed by atoms with Crippen LogP contribution in [0.15, 0.2) is 23.1 Å². The quantitative estimate of drug-likeness (QED) is 0.787. The van der Waals surface area contributed by atoms with E-state index in [1.165, 1.54) is 10.4 Å². The number of hydrogen-bond donors (Lipinski definition) is 1. The zero-order chi connectivity index (χ0) is 17.7. The molecule has 1 aliphatic rings. The van der Waals surface area contributed by atoms with Crippen molar-refractivity contribution in [1.29, 1.82) is 0 Å². The fourth-order valence-electron chi connectivity index (χ4n) is 2.77. The number of alkyl halides is 2. The normalized spacial score (nSPS) is 17.4. The summed E-state index contributed by atoms with van der Waals surface area (Å²) in [5, 5.41) is 2.94. The molecule has 0 bridgehead atoms. The first kappa shape index (κ1) is 19.4. The second-order valence-corrected chi connectivity index (χ2v) is 8.06. The van der Waals surface area contributed by atoms with Crippen molar-refractivity contribution >= 4 is 21.6 Å². The highest BCUT2D eigenvalue weighted by molar-refractivity contribution is 7.89. The third kappa shape index (κ3) is 4.78. The van der Waals surface area contributed by atoms with E-state index in [0.29, 0.717) is 19.0 Å². The molecule has 1 heterocycles. The number of hydrogen-bond acceptors (Lipinski definition) is 4. The molecule has 9 heteroatoms. The first-order valence-electron chi connectivity index (χ1n) is 7.73. The topological polar surface area (TPSA) is 58.6 Å². The Labute approximate surface area is 146 Å². The van der Waals surface area contributed by atoms with Crippen LogP contribution in [0.1, 0.15) is 19.3 Å². The molecule has 0 spiro atoms. The summed E-state index contributed by atoms with van der Waals surface area (Å²) in [5.74, 6) is 0.269. The van der Waals surface area contributed by atoms with Gasteiger partial charge in [-0.15, -0.1) is 0 Å². The molecule has 1 aliphatic heterocycles. The summed E-state index contributed by atoms with van der Waals surface area (Å²) >= 11 is 5.85. The Hall–Kier alpha value is -0.960. The lowest BCUT2D eigenvalue weighted by Gasteiger charge is -2.31. The second kappa shape index (κ2) is 8.42. The van der Waals surface area contributed by atoms with Crippen LogP contribution in [0.25, 0.3) is 0 Å². The van der Waals surface area contributed by atoms with E-state index in [9.17, 15) is 17.2 Å². The van der Waals surface area contributed by atoms with Gasteiger partial charge in [0.15, 0.2) is 0 Å². The number of piperidine rings is 1. The zero-order valence-corrected chi connectivity index (χ0v) is 14.9. The van der Waals surface area contributed by atoms with Gasteiger partial charge in [-0.05, 0) is 57.0 Å².